The Morgan fingerprint density at radius 3 is 2.76 bits per heavy atom. The van der Waals surface area contributed by atoms with Crippen molar-refractivity contribution in [1.82, 2.24) is 9.97 Å². The molecule has 1 aromatic carbocycles. The first-order valence-corrected chi connectivity index (χ1v) is 5.82. The van der Waals surface area contributed by atoms with Crippen molar-refractivity contribution in [3.8, 4) is 6.07 Å². The number of nitrogens with one attached hydrogen (secondary N) is 1. The van der Waals surface area contributed by atoms with Crippen molar-refractivity contribution in [2.24, 2.45) is 0 Å². The molecule has 1 heterocycles. The predicted octanol–water partition coefficient (Wildman–Crippen LogP) is 2.65. The number of hydrogen-bond acceptors (Lipinski definition) is 2. The number of nitriles is 1. The van der Waals surface area contributed by atoms with E-state index in [1.165, 1.54) is 5.56 Å². The first-order chi connectivity index (χ1) is 8.38. The van der Waals surface area contributed by atoms with E-state index >= 15 is 0 Å². The van der Waals surface area contributed by atoms with Crippen LogP contribution in [0.2, 0.25) is 0 Å². The van der Waals surface area contributed by atoms with Gasteiger partial charge in [0.25, 0.3) is 0 Å². The number of aromatic amines is 1. The molecule has 17 heavy (non-hydrogen) atoms. The fourth-order valence-corrected chi connectivity index (χ4v) is 1.83. The minimum absolute atomic E-state index is 0.360. The molecule has 0 bridgehead atoms. The summed E-state index contributed by atoms with van der Waals surface area (Å²) in [5, 5.41) is 8.54. The summed E-state index contributed by atoms with van der Waals surface area (Å²) >= 11 is 0. The number of H-pyrrole nitrogens is 1. The molecule has 0 saturated heterocycles. The molecule has 0 aliphatic rings. The summed E-state index contributed by atoms with van der Waals surface area (Å²) in [6.45, 7) is 0. The maximum atomic E-state index is 8.54. The Bertz CT molecular complexity index is 494. The Hall–Kier alpha value is -2.08. The van der Waals surface area contributed by atoms with Gasteiger partial charge in [0.05, 0.1) is 12.5 Å². The monoisotopic (exact) mass is 225 g/mol. The van der Waals surface area contributed by atoms with Crippen LogP contribution in [0.4, 0.5) is 0 Å². The standard InChI is InChI=1S/C14H15N3/c15-10-9-14-16-11-13(17-14)8-4-7-12-5-2-1-3-6-12/h1-3,5-6,11H,4,7-9H2,(H,16,17). The Morgan fingerprint density at radius 1 is 1.18 bits per heavy atom. The van der Waals surface area contributed by atoms with Gasteiger partial charge in [-0.2, -0.15) is 5.26 Å². The largest absolute Gasteiger partial charge is 0.345 e. The summed E-state index contributed by atoms with van der Waals surface area (Å²) in [7, 11) is 0. The maximum Gasteiger partial charge on any atom is 0.120 e. The molecule has 0 unspecified atom stereocenters. The van der Waals surface area contributed by atoms with E-state index in [0.717, 1.165) is 30.8 Å². The van der Waals surface area contributed by atoms with Crippen molar-refractivity contribution >= 4 is 0 Å². The zero-order valence-corrected chi connectivity index (χ0v) is 9.69. The molecule has 0 atom stereocenters. The van der Waals surface area contributed by atoms with Crippen LogP contribution in [-0.4, -0.2) is 9.97 Å². The lowest BCUT2D eigenvalue weighted by molar-refractivity contribution is 0.801. The number of imidazole rings is 1. The fraction of sp³-hybridized carbons (Fsp3) is 0.286. The fourth-order valence-electron chi connectivity index (χ4n) is 1.83. The zero-order valence-electron chi connectivity index (χ0n) is 9.69. The molecule has 0 aliphatic carbocycles. The van der Waals surface area contributed by atoms with Crippen LogP contribution in [0.25, 0.3) is 0 Å². The van der Waals surface area contributed by atoms with Crippen molar-refractivity contribution in [2.45, 2.75) is 25.7 Å². The third-order valence-electron chi connectivity index (χ3n) is 2.68. The highest BCUT2D eigenvalue weighted by atomic mass is 14.9. The Kier molecular flexibility index (Phi) is 3.93. The van der Waals surface area contributed by atoms with Crippen LogP contribution in [-0.2, 0) is 19.3 Å². The molecule has 0 amide bonds. The lowest BCUT2D eigenvalue weighted by atomic mass is 10.1. The van der Waals surface area contributed by atoms with Crippen LogP contribution in [0.3, 0.4) is 0 Å². The van der Waals surface area contributed by atoms with Gasteiger partial charge in [0.1, 0.15) is 5.82 Å². The van der Waals surface area contributed by atoms with Gasteiger partial charge in [-0.05, 0) is 24.8 Å². The number of nitrogens with zero attached hydrogens (tertiary/aromatic N) is 2. The van der Waals surface area contributed by atoms with Crippen LogP contribution < -0.4 is 0 Å². The first-order valence-electron chi connectivity index (χ1n) is 5.82. The van der Waals surface area contributed by atoms with Crippen molar-refractivity contribution < 1.29 is 0 Å². The average molecular weight is 225 g/mol. The number of aromatic nitrogens is 2. The molecule has 3 heteroatoms. The molecule has 0 spiro atoms. The van der Waals surface area contributed by atoms with Crippen LogP contribution in [0.5, 0.6) is 0 Å². The maximum absolute atomic E-state index is 8.54. The first kappa shape index (κ1) is 11.4. The van der Waals surface area contributed by atoms with Gasteiger partial charge in [-0.1, -0.05) is 30.3 Å². The number of hydrogen-bond donors (Lipinski definition) is 1. The molecule has 3 nitrogen and oxygen atoms in total. The van der Waals surface area contributed by atoms with Crippen molar-refractivity contribution in [2.75, 3.05) is 0 Å². The average Bonchev–Trinajstić information content (AvgIpc) is 2.79. The van der Waals surface area contributed by atoms with E-state index in [2.05, 4.69) is 40.3 Å². The topological polar surface area (TPSA) is 52.5 Å². The van der Waals surface area contributed by atoms with Crippen molar-refractivity contribution in [3.63, 3.8) is 0 Å². The Labute approximate surface area is 101 Å². The number of benzene rings is 1. The van der Waals surface area contributed by atoms with E-state index in [-0.39, 0.29) is 0 Å². The summed E-state index contributed by atoms with van der Waals surface area (Å²) in [6.07, 6.45) is 5.34. The molecule has 0 saturated carbocycles. The lowest BCUT2D eigenvalue weighted by Gasteiger charge is -1.99. The minimum Gasteiger partial charge on any atom is -0.345 e. The molecule has 2 rings (SSSR count). The van der Waals surface area contributed by atoms with Gasteiger partial charge in [0, 0.05) is 11.9 Å². The molecular formula is C14H15N3. The highest BCUT2D eigenvalue weighted by Crippen LogP contribution is 2.07. The van der Waals surface area contributed by atoms with Gasteiger partial charge >= 0.3 is 0 Å². The lowest BCUT2D eigenvalue weighted by Crippen LogP contribution is -1.91. The second kappa shape index (κ2) is 5.86. The summed E-state index contributed by atoms with van der Waals surface area (Å²) in [4.78, 5) is 7.32. The zero-order chi connectivity index (χ0) is 11.9. The summed E-state index contributed by atoms with van der Waals surface area (Å²) in [5.74, 6) is 0.766. The highest BCUT2D eigenvalue weighted by Gasteiger charge is 2.00. The van der Waals surface area contributed by atoms with Crippen LogP contribution in [0.15, 0.2) is 36.5 Å². The molecule has 0 aliphatic heterocycles. The summed E-state index contributed by atoms with van der Waals surface area (Å²) in [5.41, 5.74) is 2.48. The van der Waals surface area contributed by atoms with E-state index in [4.69, 9.17) is 5.26 Å². The van der Waals surface area contributed by atoms with Crippen molar-refractivity contribution in [3.05, 3.63) is 53.6 Å². The van der Waals surface area contributed by atoms with E-state index in [9.17, 15) is 0 Å². The second-order valence-corrected chi connectivity index (χ2v) is 4.03. The molecule has 1 N–H and O–H groups in total. The number of rotatable bonds is 5. The van der Waals surface area contributed by atoms with E-state index in [0.29, 0.717) is 6.42 Å². The van der Waals surface area contributed by atoms with Gasteiger partial charge < -0.3 is 4.98 Å². The van der Waals surface area contributed by atoms with Crippen LogP contribution in [0, 0.1) is 11.3 Å². The van der Waals surface area contributed by atoms with E-state index < -0.39 is 0 Å². The minimum atomic E-state index is 0.360. The van der Waals surface area contributed by atoms with Crippen LogP contribution >= 0.6 is 0 Å². The normalized spacial score (nSPS) is 10.1. The van der Waals surface area contributed by atoms with Gasteiger partial charge in [0.2, 0.25) is 0 Å². The van der Waals surface area contributed by atoms with E-state index in [1.807, 2.05) is 12.3 Å². The molecule has 1 aromatic heterocycles. The molecule has 2 aromatic rings. The summed E-state index contributed by atoms with van der Waals surface area (Å²) in [6, 6.07) is 12.5. The van der Waals surface area contributed by atoms with Crippen molar-refractivity contribution in [1.29, 1.82) is 5.26 Å². The van der Waals surface area contributed by atoms with Gasteiger partial charge in [-0.3, -0.25) is 0 Å². The molecule has 0 fully saturated rings. The molecule has 86 valence electrons. The highest BCUT2D eigenvalue weighted by molar-refractivity contribution is 5.15. The third kappa shape index (κ3) is 3.46. The van der Waals surface area contributed by atoms with Gasteiger partial charge in [0.15, 0.2) is 0 Å². The molecule has 0 radical (unpaired) electrons. The quantitative estimate of drug-likeness (QED) is 0.850. The van der Waals surface area contributed by atoms with Gasteiger partial charge in [-0.25, -0.2) is 4.98 Å². The Morgan fingerprint density at radius 2 is 2.00 bits per heavy atom. The number of aryl methyl sites for hydroxylation is 2. The van der Waals surface area contributed by atoms with E-state index in [1.54, 1.807) is 0 Å². The predicted molar refractivity (Wildman–Crippen MR) is 66.4 cm³/mol. The SMILES string of the molecule is N#CCc1ncc(CCCc2ccccc2)[nH]1. The second-order valence-electron chi connectivity index (χ2n) is 4.03. The third-order valence-corrected chi connectivity index (χ3v) is 2.68. The van der Waals surface area contributed by atoms with Crippen LogP contribution in [0.1, 0.15) is 23.5 Å². The smallest absolute Gasteiger partial charge is 0.120 e. The summed E-state index contributed by atoms with van der Waals surface area (Å²) < 4.78 is 0. The molecular weight excluding hydrogens is 210 g/mol. The van der Waals surface area contributed by atoms with Gasteiger partial charge in [-0.15, -0.1) is 0 Å². The Balaban J connectivity index is 1.80.